The number of aryl methyl sites for hydroxylation is 2. The van der Waals surface area contributed by atoms with Gasteiger partial charge in [0.05, 0.1) is 5.34 Å². The summed E-state index contributed by atoms with van der Waals surface area (Å²) < 4.78 is 0. The summed E-state index contributed by atoms with van der Waals surface area (Å²) >= 11 is 9.53. The predicted octanol–water partition coefficient (Wildman–Crippen LogP) is 3.72. The number of benzene rings is 1. The van der Waals surface area contributed by atoms with Crippen LogP contribution < -0.4 is 0 Å². The monoisotopic (exact) mass is 190 g/mol. The van der Waals surface area contributed by atoms with Crippen LogP contribution >= 0.6 is 23.2 Å². The molecule has 0 unspecified atom stereocenters. The minimum Gasteiger partial charge on any atom is -0.109 e. The Labute approximate surface area is 78.1 Å². The SMILES string of the molecule is Cc1ccccc1C.ClCCl. The third kappa shape index (κ3) is 5.11. The molecule has 0 nitrogen and oxygen atoms in total. The van der Waals surface area contributed by atoms with Crippen LogP contribution in [0, 0.1) is 13.8 Å². The molecule has 0 bridgehead atoms. The van der Waals surface area contributed by atoms with Crippen LogP contribution in [0.5, 0.6) is 0 Å². The maximum absolute atomic E-state index is 4.76. The fraction of sp³-hybridized carbons (Fsp3) is 0.333. The van der Waals surface area contributed by atoms with Gasteiger partial charge < -0.3 is 0 Å². The molecule has 0 spiro atoms. The lowest BCUT2D eigenvalue weighted by Crippen LogP contribution is -1.74. The maximum atomic E-state index is 4.76. The maximum Gasteiger partial charge on any atom is 0.0967 e. The van der Waals surface area contributed by atoms with Crippen molar-refractivity contribution in [2.75, 3.05) is 5.34 Å². The molecule has 2 heteroatoms. The molecule has 0 aliphatic heterocycles. The molecule has 1 aromatic rings. The molecule has 62 valence electrons. The van der Waals surface area contributed by atoms with Crippen molar-refractivity contribution < 1.29 is 0 Å². The van der Waals surface area contributed by atoms with E-state index in [0.29, 0.717) is 0 Å². The van der Waals surface area contributed by atoms with Gasteiger partial charge in [-0.1, -0.05) is 24.3 Å². The van der Waals surface area contributed by atoms with Gasteiger partial charge in [-0.25, -0.2) is 0 Å². The summed E-state index contributed by atoms with van der Waals surface area (Å²) in [6.07, 6.45) is 0. The Hall–Kier alpha value is -0.200. The van der Waals surface area contributed by atoms with Crippen molar-refractivity contribution in [2.24, 2.45) is 0 Å². The second kappa shape index (κ2) is 6.51. The zero-order chi connectivity index (χ0) is 8.69. The van der Waals surface area contributed by atoms with E-state index >= 15 is 0 Å². The zero-order valence-electron chi connectivity index (χ0n) is 6.77. The van der Waals surface area contributed by atoms with E-state index < -0.39 is 0 Å². The number of hydrogen-bond acceptors (Lipinski definition) is 0. The normalized spacial score (nSPS) is 8.36. The molecule has 0 N–H and O–H groups in total. The molecule has 11 heavy (non-hydrogen) atoms. The Kier molecular flexibility index (Phi) is 6.39. The van der Waals surface area contributed by atoms with E-state index in [-0.39, 0.29) is 5.34 Å². The summed E-state index contributed by atoms with van der Waals surface area (Å²) in [5.74, 6) is 0. The van der Waals surface area contributed by atoms with Gasteiger partial charge in [0, 0.05) is 0 Å². The van der Waals surface area contributed by atoms with E-state index in [1.807, 2.05) is 0 Å². The molecule has 0 fully saturated rings. The first kappa shape index (κ1) is 10.8. The van der Waals surface area contributed by atoms with Crippen LogP contribution in [-0.4, -0.2) is 5.34 Å². The van der Waals surface area contributed by atoms with E-state index in [1.165, 1.54) is 11.1 Å². The summed E-state index contributed by atoms with van der Waals surface area (Å²) in [7, 11) is 0. The molecule has 0 atom stereocenters. The first-order chi connectivity index (χ1) is 5.22. The van der Waals surface area contributed by atoms with Gasteiger partial charge in [0.2, 0.25) is 0 Å². The molecule has 0 aromatic heterocycles. The van der Waals surface area contributed by atoms with Gasteiger partial charge in [0.25, 0.3) is 0 Å². The van der Waals surface area contributed by atoms with Crippen molar-refractivity contribution in [1.82, 2.24) is 0 Å². The largest absolute Gasteiger partial charge is 0.109 e. The molecule has 0 aliphatic carbocycles. The van der Waals surface area contributed by atoms with Crippen LogP contribution in [0.25, 0.3) is 0 Å². The summed E-state index contributed by atoms with van der Waals surface area (Å²) in [4.78, 5) is 0. The van der Waals surface area contributed by atoms with Crippen molar-refractivity contribution in [1.29, 1.82) is 0 Å². The van der Waals surface area contributed by atoms with Crippen molar-refractivity contribution >= 4 is 23.2 Å². The Morgan fingerprint density at radius 1 is 1.00 bits per heavy atom. The number of alkyl halides is 2. The van der Waals surface area contributed by atoms with Gasteiger partial charge in [0.1, 0.15) is 0 Å². The predicted molar refractivity (Wildman–Crippen MR) is 52.5 cm³/mol. The van der Waals surface area contributed by atoms with Crippen LogP contribution in [0.1, 0.15) is 11.1 Å². The first-order valence-corrected chi connectivity index (χ1v) is 4.43. The summed E-state index contributed by atoms with van der Waals surface area (Å²) in [5, 5.41) is 0.194. The highest BCUT2D eigenvalue weighted by Crippen LogP contribution is 2.02. The van der Waals surface area contributed by atoms with Crippen molar-refractivity contribution in [3.63, 3.8) is 0 Å². The lowest BCUT2D eigenvalue weighted by Gasteiger charge is -1.93. The molecule has 0 saturated carbocycles. The number of hydrogen-bond donors (Lipinski definition) is 0. The average molecular weight is 191 g/mol. The quantitative estimate of drug-likeness (QED) is 0.548. The van der Waals surface area contributed by atoms with E-state index in [4.69, 9.17) is 23.2 Å². The van der Waals surface area contributed by atoms with E-state index in [2.05, 4.69) is 38.1 Å². The smallest absolute Gasteiger partial charge is 0.0967 e. The van der Waals surface area contributed by atoms with E-state index in [0.717, 1.165) is 0 Å². The van der Waals surface area contributed by atoms with Gasteiger partial charge in [-0.15, -0.1) is 23.2 Å². The minimum absolute atomic E-state index is 0.194. The molecule has 0 aliphatic rings. The summed E-state index contributed by atoms with van der Waals surface area (Å²) in [5.41, 5.74) is 2.74. The standard InChI is InChI=1S/C8H10.CH2Cl2/c1-7-5-3-4-6-8(7)2;2-1-3/h3-6H,1-2H3;1H2. The van der Waals surface area contributed by atoms with Gasteiger partial charge in [0.15, 0.2) is 0 Å². The van der Waals surface area contributed by atoms with Gasteiger partial charge in [-0.2, -0.15) is 0 Å². The van der Waals surface area contributed by atoms with Gasteiger partial charge in [-0.05, 0) is 25.0 Å². The Morgan fingerprint density at radius 3 is 1.45 bits per heavy atom. The van der Waals surface area contributed by atoms with E-state index in [1.54, 1.807) is 0 Å². The third-order valence-corrected chi connectivity index (χ3v) is 1.43. The highest BCUT2D eigenvalue weighted by molar-refractivity contribution is 6.40. The molecule has 0 amide bonds. The zero-order valence-corrected chi connectivity index (χ0v) is 8.28. The Balaban J connectivity index is 0.000000292. The fourth-order valence-corrected chi connectivity index (χ4v) is 0.663. The lowest BCUT2D eigenvalue weighted by atomic mass is 10.1. The fourth-order valence-electron chi connectivity index (χ4n) is 0.663. The number of halogens is 2. The highest BCUT2D eigenvalue weighted by atomic mass is 35.5. The van der Waals surface area contributed by atoms with Crippen LogP contribution in [-0.2, 0) is 0 Å². The second-order valence-corrected chi connectivity index (χ2v) is 2.99. The molecule has 0 radical (unpaired) electrons. The van der Waals surface area contributed by atoms with Crippen molar-refractivity contribution in [3.05, 3.63) is 35.4 Å². The topological polar surface area (TPSA) is 0 Å². The van der Waals surface area contributed by atoms with Crippen molar-refractivity contribution in [3.8, 4) is 0 Å². The minimum atomic E-state index is 0.194. The lowest BCUT2D eigenvalue weighted by molar-refractivity contribution is 1.34. The molecule has 0 saturated heterocycles. The first-order valence-electron chi connectivity index (χ1n) is 3.36. The molecule has 1 rings (SSSR count). The van der Waals surface area contributed by atoms with Crippen LogP contribution in [0.15, 0.2) is 24.3 Å². The molecular formula is C9H12Cl2. The van der Waals surface area contributed by atoms with Gasteiger partial charge >= 0.3 is 0 Å². The number of rotatable bonds is 0. The second-order valence-electron chi connectivity index (χ2n) is 2.19. The molecule has 0 heterocycles. The molecule has 1 aromatic carbocycles. The van der Waals surface area contributed by atoms with Crippen molar-refractivity contribution in [2.45, 2.75) is 13.8 Å². The van der Waals surface area contributed by atoms with E-state index in [9.17, 15) is 0 Å². The highest BCUT2D eigenvalue weighted by Gasteiger charge is 1.83. The van der Waals surface area contributed by atoms with Crippen LogP contribution in [0.3, 0.4) is 0 Å². The van der Waals surface area contributed by atoms with Gasteiger partial charge in [-0.3, -0.25) is 0 Å². The Morgan fingerprint density at radius 2 is 1.27 bits per heavy atom. The van der Waals surface area contributed by atoms with Crippen LogP contribution in [0.4, 0.5) is 0 Å². The van der Waals surface area contributed by atoms with Crippen LogP contribution in [0.2, 0.25) is 0 Å². The average Bonchev–Trinajstić information content (AvgIpc) is 1.97. The summed E-state index contributed by atoms with van der Waals surface area (Å²) in [6, 6.07) is 8.36. The Bertz CT molecular complexity index is 176. The summed E-state index contributed by atoms with van der Waals surface area (Å²) in [6.45, 7) is 4.24. The third-order valence-electron chi connectivity index (χ3n) is 1.43. The molecular weight excluding hydrogens is 179 g/mol.